The number of Topliss-reactive ketones (excluding diaryl/α,β-unsaturated/α-hetero) is 2. The number of carbonyl (C=O) groups excluding carboxylic acids is 2. The topological polar surface area (TPSA) is 126 Å². The van der Waals surface area contributed by atoms with Gasteiger partial charge in [0.25, 0.3) is 0 Å². The zero-order valence-electron chi connectivity index (χ0n) is 35.2. The maximum atomic E-state index is 12.2. The Morgan fingerprint density at radius 1 is 0.661 bits per heavy atom. The highest BCUT2D eigenvalue weighted by Gasteiger charge is 2.58. The SMILES string of the molecule is C[C@@H]1C(=O)/C(=C\O)C[C@]2(C)c3nn(C)cc3CC[C@@H]12.C[C@@H]1C(=O)CC[C@]2(C)c3nn(C)cc3CC[C@@H]12.C[C@H]1[C@@H]2CCc3cn(C)nc3[C@@]2(C)CCC12OCCO2. The molecule has 304 valence electrons. The number of hydrogen-bond acceptors (Lipinski definition) is 8. The maximum absolute atomic E-state index is 12.2. The number of nitrogens with zero attached hydrogens (tertiary/aromatic N) is 6. The summed E-state index contributed by atoms with van der Waals surface area (Å²) < 4.78 is 17.8. The number of allylic oxidation sites excluding steroid dienone is 1. The summed E-state index contributed by atoms with van der Waals surface area (Å²) in [5.41, 5.74) is 8.57. The van der Waals surface area contributed by atoms with Gasteiger partial charge in [0, 0.05) is 92.1 Å². The Bertz CT molecular complexity index is 2040. The van der Waals surface area contributed by atoms with Gasteiger partial charge in [0.15, 0.2) is 11.6 Å². The van der Waals surface area contributed by atoms with Crippen molar-refractivity contribution in [2.75, 3.05) is 13.2 Å². The monoisotopic (exact) mass is 768 g/mol. The molecular weight excluding hydrogens is 705 g/mol. The lowest BCUT2D eigenvalue weighted by atomic mass is 9.55. The molecule has 0 unspecified atom stereocenters. The number of rotatable bonds is 0. The van der Waals surface area contributed by atoms with E-state index in [2.05, 4.69) is 63.4 Å². The van der Waals surface area contributed by atoms with Gasteiger partial charge in [-0.2, -0.15) is 15.3 Å². The summed E-state index contributed by atoms with van der Waals surface area (Å²) in [6, 6.07) is 0. The second-order valence-corrected chi connectivity index (χ2v) is 19.3. The highest BCUT2D eigenvalue weighted by atomic mass is 16.7. The van der Waals surface area contributed by atoms with Gasteiger partial charge in [0.1, 0.15) is 5.78 Å². The van der Waals surface area contributed by atoms with Crippen LogP contribution >= 0.6 is 0 Å². The first-order valence-electron chi connectivity index (χ1n) is 21.3. The molecule has 1 N–H and O–H groups in total. The average molecular weight is 769 g/mol. The third-order valence-electron chi connectivity index (χ3n) is 16.1. The van der Waals surface area contributed by atoms with Crippen LogP contribution in [0, 0.1) is 35.5 Å². The first kappa shape index (κ1) is 39.3. The fourth-order valence-corrected chi connectivity index (χ4v) is 13.0. The first-order chi connectivity index (χ1) is 26.5. The van der Waals surface area contributed by atoms with Crippen molar-refractivity contribution in [1.82, 2.24) is 29.3 Å². The lowest BCUT2D eigenvalue weighted by Gasteiger charge is -2.53. The van der Waals surface area contributed by atoms with Crippen molar-refractivity contribution >= 4 is 11.6 Å². The van der Waals surface area contributed by atoms with Crippen LogP contribution in [0.5, 0.6) is 0 Å². The van der Waals surface area contributed by atoms with E-state index >= 15 is 0 Å². The zero-order chi connectivity index (χ0) is 39.9. The number of ether oxygens (including phenoxy) is 2. The standard InChI is InChI=1S/C16H24N2O2.C15H20N2O2.C14H20N2O/c1-11-13-5-4-12-10-18(3)17-14(12)15(13,2)6-7-16(11)19-8-9-20-16;1-9-12-5-4-10-7-17(3)16-14(10)15(12,2)6-11(8-18)13(9)19;1-9-11-5-4-10-8-16(3)15-13(10)14(11,2)7-6-12(9)17/h10-11,13H,4-9H2,1-3H3;7-9,12,18H,4-6H2,1-3H3;8-9,11H,4-7H2,1-3H3/b;11-8-;/t11-,13-,15-;9-,12-,15-;9-,11-,14-/m000/s1. The van der Waals surface area contributed by atoms with Crippen molar-refractivity contribution < 1.29 is 24.2 Å². The third-order valence-corrected chi connectivity index (χ3v) is 16.1. The van der Waals surface area contributed by atoms with Crippen molar-refractivity contribution in [3.05, 3.63) is 64.2 Å². The number of aliphatic hydroxyl groups is 1. The minimum Gasteiger partial charge on any atom is -0.515 e. The van der Waals surface area contributed by atoms with E-state index in [0.29, 0.717) is 41.4 Å². The minimum absolute atomic E-state index is 0.0349. The Balaban J connectivity index is 0.000000119. The minimum atomic E-state index is -0.309. The lowest BCUT2D eigenvalue weighted by molar-refractivity contribution is -0.234. The molecule has 9 atom stereocenters. The van der Waals surface area contributed by atoms with Gasteiger partial charge in [0.2, 0.25) is 0 Å². The summed E-state index contributed by atoms with van der Waals surface area (Å²) in [6.45, 7) is 14.8. The Kier molecular flexibility index (Phi) is 9.86. The number of carbonyl (C=O) groups is 2. The van der Waals surface area contributed by atoms with Gasteiger partial charge >= 0.3 is 0 Å². The molecule has 3 aromatic heterocycles. The molecule has 1 aliphatic heterocycles. The van der Waals surface area contributed by atoms with Gasteiger partial charge in [-0.1, -0.05) is 41.5 Å². The molecular formula is C45H64N6O5. The number of ketones is 2. The molecule has 4 fully saturated rings. The van der Waals surface area contributed by atoms with E-state index in [9.17, 15) is 14.7 Å². The van der Waals surface area contributed by atoms with Crippen molar-refractivity contribution in [2.45, 2.75) is 134 Å². The molecule has 3 saturated carbocycles. The number of aliphatic hydroxyl groups excluding tert-OH is 1. The predicted octanol–water partition coefficient (Wildman–Crippen LogP) is 6.94. The fraction of sp³-hybridized carbons (Fsp3) is 0.711. The number of hydrogen-bond donors (Lipinski definition) is 1. The van der Waals surface area contributed by atoms with Gasteiger partial charge < -0.3 is 14.6 Å². The van der Waals surface area contributed by atoms with Crippen LogP contribution in [0.25, 0.3) is 0 Å². The van der Waals surface area contributed by atoms with Crippen LogP contribution < -0.4 is 0 Å². The summed E-state index contributed by atoms with van der Waals surface area (Å²) in [5, 5.41) is 23.4. The fourth-order valence-electron chi connectivity index (χ4n) is 13.0. The van der Waals surface area contributed by atoms with E-state index in [1.807, 2.05) is 42.1 Å². The largest absolute Gasteiger partial charge is 0.515 e. The third kappa shape index (κ3) is 6.07. The maximum Gasteiger partial charge on any atom is 0.171 e. The number of aromatic nitrogens is 6. The summed E-state index contributed by atoms with van der Waals surface area (Å²) in [4.78, 5) is 24.1. The van der Waals surface area contributed by atoms with Gasteiger partial charge in [-0.15, -0.1) is 0 Å². The molecule has 1 spiro atoms. The number of fused-ring (bicyclic) bond motifs is 9. The number of aryl methyl sites for hydroxylation is 6. The summed E-state index contributed by atoms with van der Waals surface area (Å²) >= 11 is 0. The quantitative estimate of drug-likeness (QED) is 0.193. The van der Waals surface area contributed by atoms with E-state index in [0.717, 1.165) is 83.0 Å². The second-order valence-electron chi connectivity index (χ2n) is 19.3. The second kappa shape index (κ2) is 14.1. The molecule has 3 aromatic rings. The molecule has 4 heterocycles. The zero-order valence-corrected chi connectivity index (χ0v) is 35.2. The van der Waals surface area contributed by atoms with Crippen LogP contribution in [0.3, 0.4) is 0 Å². The summed E-state index contributed by atoms with van der Waals surface area (Å²) in [5.74, 6) is 2.29. The molecule has 56 heavy (non-hydrogen) atoms. The van der Waals surface area contributed by atoms with E-state index in [-0.39, 0.29) is 39.7 Å². The lowest BCUT2D eigenvalue weighted by Crippen LogP contribution is -2.55. The Morgan fingerprint density at radius 3 is 1.64 bits per heavy atom. The van der Waals surface area contributed by atoms with Crippen LogP contribution in [-0.2, 0) is 75.7 Å². The Hall–Kier alpha value is -3.57. The van der Waals surface area contributed by atoms with E-state index < -0.39 is 0 Å². The van der Waals surface area contributed by atoms with Crippen LogP contribution in [0.1, 0.15) is 127 Å². The summed E-state index contributed by atoms with van der Waals surface area (Å²) in [6.07, 6.45) is 18.5. The average Bonchev–Trinajstić information content (AvgIpc) is 3.97. The molecule has 1 saturated heterocycles. The molecule has 11 nitrogen and oxygen atoms in total. The van der Waals surface area contributed by atoms with Crippen LogP contribution in [0.4, 0.5) is 0 Å². The molecule has 6 aliphatic carbocycles. The van der Waals surface area contributed by atoms with Crippen LogP contribution in [-0.4, -0.2) is 65.0 Å². The highest BCUT2D eigenvalue weighted by molar-refractivity contribution is 5.98. The Morgan fingerprint density at radius 2 is 1.12 bits per heavy atom. The molecule has 0 bridgehead atoms. The highest BCUT2D eigenvalue weighted by Crippen LogP contribution is 2.57. The van der Waals surface area contributed by atoms with Crippen LogP contribution in [0.15, 0.2) is 30.4 Å². The van der Waals surface area contributed by atoms with E-state index in [1.54, 1.807) is 0 Å². The normalized spacial score (nSPS) is 37.2. The van der Waals surface area contributed by atoms with Gasteiger partial charge in [-0.05, 0) is 92.2 Å². The predicted molar refractivity (Wildman–Crippen MR) is 213 cm³/mol. The van der Waals surface area contributed by atoms with Crippen molar-refractivity contribution in [2.24, 2.45) is 56.7 Å². The van der Waals surface area contributed by atoms with Gasteiger partial charge in [-0.3, -0.25) is 23.6 Å². The smallest absolute Gasteiger partial charge is 0.171 e. The first-order valence-corrected chi connectivity index (χ1v) is 21.3. The van der Waals surface area contributed by atoms with Crippen LogP contribution in [0.2, 0.25) is 0 Å². The van der Waals surface area contributed by atoms with Gasteiger partial charge in [0.05, 0.1) is 36.6 Å². The molecule has 0 radical (unpaired) electrons. The molecule has 0 amide bonds. The van der Waals surface area contributed by atoms with E-state index in [1.165, 1.54) is 34.5 Å². The summed E-state index contributed by atoms with van der Waals surface area (Å²) in [7, 11) is 5.97. The van der Waals surface area contributed by atoms with Crippen molar-refractivity contribution in [1.29, 1.82) is 0 Å². The van der Waals surface area contributed by atoms with Gasteiger partial charge in [-0.25, -0.2) is 0 Å². The van der Waals surface area contributed by atoms with Crippen molar-refractivity contribution in [3.8, 4) is 0 Å². The molecule has 10 rings (SSSR count). The molecule has 11 heteroatoms. The molecule has 0 aromatic carbocycles. The van der Waals surface area contributed by atoms with Crippen molar-refractivity contribution in [3.63, 3.8) is 0 Å². The Labute approximate surface area is 332 Å². The van der Waals surface area contributed by atoms with E-state index in [4.69, 9.17) is 14.6 Å². The molecule has 7 aliphatic rings.